The summed E-state index contributed by atoms with van der Waals surface area (Å²) in [5, 5.41) is 4.39. The van der Waals surface area contributed by atoms with E-state index in [0.717, 1.165) is 60.9 Å². The first kappa shape index (κ1) is 30.8. The van der Waals surface area contributed by atoms with Crippen molar-refractivity contribution in [2.75, 3.05) is 4.90 Å². The second-order valence-electron chi connectivity index (χ2n) is 12.1. The molecule has 0 saturated carbocycles. The van der Waals surface area contributed by atoms with Gasteiger partial charge < -0.3 is 4.90 Å². The Morgan fingerprint density at radius 2 is 0.700 bits per heavy atom. The minimum absolute atomic E-state index is 0.295. The van der Waals surface area contributed by atoms with Gasteiger partial charge in [-0.05, 0) is 81.6 Å². The first-order valence-electron chi connectivity index (χ1n) is 17.0. The average Bonchev–Trinajstić information content (AvgIpc) is 3.20. The Balaban J connectivity index is 0.00000177. The van der Waals surface area contributed by atoms with Crippen LogP contribution >= 0.6 is 0 Å². The van der Waals surface area contributed by atoms with Crippen LogP contribution in [0.15, 0.2) is 179 Å². The van der Waals surface area contributed by atoms with Crippen LogP contribution in [0.3, 0.4) is 0 Å². The highest BCUT2D eigenvalue weighted by Crippen LogP contribution is 2.41. The normalized spacial score (nSPS) is 11.2. The molecular formula is C46H34N2O2. The highest BCUT2D eigenvalue weighted by atomic mass is 16.2. The minimum Gasteiger partial charge on any atom is -0.310 e. The van der Waals surface area contributed by atoms with Crippen LogP contribution in [0, 0.1) is 0 Å². The average molecular weight is 647 g/mol. The van der Waals surface area contributed by atoms with E-state index in [2.05, 4.69) is 114 Å². The number of hydrogen-bond donors (Lipinski definition) is 0. The maximum absolute atomic E-state index is 13.9. The Bertz CT molecular complexity index is 2550. The summed E-state index contributed by atoms with van der Waals surface area (Å²) in [5.74, 6) is 0. The molecule has 4 nitrogen and oxygen atoms in total. The molecule has 50 heavy (non-hydrogen) atoms. The van der Waals surface area contributed by atoms with E-state index in [9.17, 15) is 9.59 Å². The van der Waals surface area contributed by atoms with Crippen molar-refractivity contribution in [2.24, 2.45) is 0 Å². The maximum Gasteiger partial charge on any atom is 0.266 e. The van der Waals surface area contributed by atoms with Gasteiger partial charge in [-0.1, -0.05) is 135 Å². The number of benzene rings is 7. The standard InChI is InChI=1S/C44H28N2O2.C2H6/c47-43-38-17-9-7-15-36(38)40-27-35(28-41-37-16-8-10-18-39(37)44(48)46(43)42(40)41)45(33-23-19-31(20-24-33)29-11-3-1-4-12-29)34-25-21-32(22-26-34)30-13-5-2-6-14-30;1-2/h1-28H;1-2H3. The van der Waals surface area contributed by atoms with Crippen LogP contribution in [-0.2, 0) is 0 Å². The number of rotatable bonds is 5. The molecule has 9 rings (SSSR count). The molecule has 7 aromatic carbocycles. The van der Waals surface area contributed by atoms with Crippen molar-refractivity contribution >= 4 is 54.9 Å². The molecule has 0 bridgehead atoms. The zero-order valence-corrected chi connectivity index (χ0v) is 27.9. The number of aromatic nitrogens is 1. The van der Waals surface area contributed by atoms with Crippen molar-refractivity contribution in [3.63, 3.8) is 0 Å². The number of pyridine rings is 2. The molecule has 0 spiro atoms. The molecule has 0 amide bonds. The van der Waals surface area contributed by atoms with Gasteiger partial charge in [-0.15, -0.1) is 0 Å². The van der Waals surface area contributed by atoms with E-state index in [1.165, 1.54) is 4.40 Å². The molecule has 0 N–H and O–H groups in total. The SMILES string of the molecule is CC.O=c1c2ccccc2c2cc(N(c3ccc(-c4ccccc4)cc3)c3ccc(-c4ccccc4)cc3)cc3c4ccccc4c(=O)n1c23. The van der Waals surface area contributed by atoms with Gasteiger partial charge in [0.15, 0.2) is 0 Å². The number of nitrogens with zero attached hydrogens (tertiary/aromatic N) is 2. The molecule has 0 unspecified atom stereocenters. The van der Waals surface area contributed by atoms with Crippen molar-refractivity contribution in [1.29, 1.82) is 0 Å². The van der Waals surface area contributed by atoms with Crippen molar-refractivity contribution in [1.82, 2.24) is 4.40 Å². The van der Waals surface area contributed by atoms with E-state index < -0.39 is 0 Å². The third-order valence-electron chi connectivity index (χ3n) is 9.34. The smallest absolute Gasteiger partial charge is 0.266 e. The minimum atomic E-state index is -0.295. The molecule has 4 heteroatoms. The van der Waals surface area contributed by atoms with E-state index in [1.54, 1.807) is 0 Å². The predicted octanol–water partition coefficient (Wildman–Crippen LogP) is 11.4. The van der Waals surface area contributed by atoms with E-state index >= 15 is 0 Å². The van der Waals surface area contributed by atoms with Gasteiger partial charge in [-0.3, -0.25) is 9.59 Å². The van der Waals surface area contributed by atoms with E-state index in [1.807, 2.05) is 74.5 Å². The van der Waals surface area contributed by atoms with Gasteiger partial charge in [0.1, 0.15) is 0 Å². The summed E-state index contributed by atoms with van der Waals surface area (Å²) in [7, 11) is 0. The lowest BCUT2D eigenvalue weighted by Gasteiger charge is -2.27. The highest BCUT2D eigenvalue weighted by Gasteiger charge is 2.21. The summed E-state index contributed by atoms with van der Waals surface area (Å²) in [5.41, 5.74) is 7.55. The molecule has 0 saturated heterocycles. The van der Waals surface area contributed by atoms with E-state index in [-0.39, 0.29) is 11.1 Å². The molecular weight excluding hydrogens is 613 g/mol. The Morgan fingerprint density at radius 3 is 1.10 bits per heavy atom. The molecule has 0 aliphatic carbocycles. The molecule has 240 valence electrons. The van der Waals surface area contributed by atoms with Crippen LogP contribution in [0.2, 0.25) is 0 Å². The molecule has 0 fully saturated rings. The van der Waals surface area contributed by atoms with Crippen LogP contribution in [0.4, 0.5) is 17.1 Å². The Hall–Kier alpha value is -6.52. The molecule has 0 aliphatic rings. The quantitative estimate of drug-likeness (QED) is 0.138. The van der Waals surface area contributed by atoms with Gasteiger partial charge >= 0.3 is 0 Å². The van der Waals surface area contributed by atoms with Gasteiger partial charge in [0.05, 0.1) is 5.52 Å². The summed E-state index contributed by atoms with van der Waals surface area (Å²) < 4.78 is 1.37. The molecule has 0 aliphatic heterocycles. The fourth-order valence-electron chi connectivity index (χ4n) is 7.06. The van der Waals surface area contributed by atoms with Crippen LogP contribution in [0.1, 0.15) is 13.8 Å². The van der Waals surface area contributed by atoms with Gasteiger partial charge in [-0.2, -0.15) is 0 Å². The first-order chi connectivity index (χ1) is 24.7. The Morgan fingerprint density at radius 1 is 0.360 bits per heavy atom. The lowest BCUT2D eigenvalue weighted by molar-refractivity contribution is 1.09. The van der Waals surface area contributed by atoms with Crippen LogP contribution in [0.25, 0.3) is 60.1 Å². The fraction of sp³-hybridized carbons (Fsp3) is 0.0435. The topological polar surface area (TPSA) is 41.8 Å². The van der Waals surface area contributed by atoms with Gasteiger partial charge in [0.2, 0.25) is 0 Å². The number of hydrogen-bond acceptors (Lipinski definition) is 3. The number of anilines is 3. The van der Waals surface area contributed by atoms with Crippen LogP contribution < -0.4 is 16.0 Å². The van der Waals surface area contributed by atoms with Gasteiger partial charge in [0.25, 0.3) is 11.1 Å². The zero-order valence-electron chi connectivity index (χ0n) is 27.9. The summed E-state index contributed by atoms with van der Waals surface area (Å²) in [6.07, 6.45) is 0. The lowest BCUT2D eigenvalue weighted by atomic mass is 9.98. The van der Waals surface area contributed by atoms with Crippen molar-refractivity contribution in [2.45, 2.75) is 13.8 Å². The van der Waals surface area contributed by atoms with Crippen molar-refractivity contribution < 1.29 is 0 Å². The monoisotopic (exact) mass is 646 g/mol. The van der Waals surface area contributed by atoms with Crippen LogP contribution in [-0.4, -0.2) is 4.40 Å². The van der Waals surface area contributed by atoms with E-state index in [4.69, 9.17) is 0 Å². The molecule has 2 heterocycles. The molecule has 0 radical (unpaired) electrons. The molecule has 2 aromatic heterocycles. The second kappa shape index (κ2) is 12.8. The highest BCUT2D eigenvalue weighted by molar-refractivity contribution is 6.19. The fourth-order valence-corrected chi connectivity index (χ4v) is 7.06. The molecule has 9 aromatic rings. The maximum atomic E-state index is 13.9. The Labute approximate surface area is 290 Å². The third kappa shape index (κ3) is 5.10. The van der Waals surface area contributed by atoms with Gasteiger partial charge in [-0.25, -0.2) is 4.40 Å². The third-order valence-corrected chi connectivity index (χ3v) is 9.34. The number of fused-ring (bicyclic) bond motifs is 4. The first-order valence-corrected chi connectivity index (χ1v) is 17.0. The van der Waals surface area contributed by atoms with Crippen LogP contribution in [0.5, 0.6) is 0 Å². The van der Waals surface area contributed by atoms with Crippen molar-refractivity contribution in [3.05, 3.63) is 191 Å². The molecule has 0 atom stereocenters. The predicted molar refractivity (Wildman–Crippen MR) is 211 cm³/mol. The summed E-state index contributed by atoms with van der Waals surface area (Å²) in [4.78, 5) is 30.0. The lowest BCUT2D eigenvalue weighted by Crippen LogP contribution is -2.27. The summed E-state index contributed by atoms with van der Waals surface area (Å²) in [6, 6.07) is 57.4. The Kier molecular flexibility index (Phi) is 7.90. The van der Waals surface area contributed by atoms with E-state index in [0.29, 0.717) is 16.3 Å². The second-order valence-corrected chi connectivity index (χ2v) is 12.1. The summed E-state index contributed by atoms with van der Waals surface area (Å²) in [6.45, 7) is 4.00. The van der Waals surface area contributed by atoms with Crippen molar-refractivity contribution in [3.8, 4) is 22.3 Å². The van der Waals surface area contributed by atoms with Gasteiger partial charge in [0, 0.05) is 38.6 Å². The zero-order chi connectivity index (χ0) is 34.2. The summed E-state index contributed by atoms with van der Waals surface area (Å²) >= 11 is 0. The largest absolute Gasteiger partial charge is 0.310 e.